The van der Waals surface area contributed by atoms with Gasteiger partial charge >= 0.3 is 5.97 Å². The van der Waals surface area contributed by atoms with Crippen LogP contribution in [0.25, 0.3) is 0 Å². The highest BCUT2D eigenvalue weighted by Crippen LogP contribution is 2.52. The number of phosphoric acid groups is 1. The van der Waals surface area contributed by atoms with Gasteiger partial charge in [-0.05, 0) is 78.3 Å². The Balaban J connectivity index is 0.00000253. The van der Waals surface area contributed by atoms with Crippen LogP contribution in [0, 0.1) is 13.8 Å². The number of carbonyl (C=O) groups is 1. The zero-order valence-electron chi connectivity index (χ0n) is 23.1. The molecule has 0 radical (unpaired) electrons. The highest BCUT2D eigenvalue weighted by atomic mass is 31.2. The van der Waals surface area contributed by atoms with E-state index in [1.165, 1.54) is 6.07 Å². The van der Waals surface area contributed by atoms with Gasteiger partial charge in [0.2, 0.25) is 0 Å². The largest absolute Gasteiger partial charge is 0.780 e. The molecule has 0 bridgehead atoms. The number of fused-ring (bicyclic) bond motifs is 1. The molecule has 3 aromatic rings. The molecule has 0 saturated carbocycles. The Morgan fingerprint density at radius 3 is 1.95 bits per heavy atom. The average Bonchev–Trinajstić information content (AvgIpc) is 3.05. The third-order valence-electron chi connectivity index (χ3n) is 6.72. The number of ether oxygens (including phenoxy) is 1. The average molecular weight is 545 g/mol. The number of hydrogen-bond acceptors (Lipinski definition) is 7. The molecule has 3 aromatic carbocycles. The van der Waals surface area contributed by atoms with Gasteiger partial charge in [0, 0.05) is 16.7 Å². The quantitative estimate of drug-likeness (QED) is 0.262. The summed E-state index contributed by atoms with van der Waals surface area (Å²) in [7, 11) is -5.30. The van der Waals surface area contributed by atoms with Gasteiger partial charge in [-0.15, -0.1) is 0 Å². The second kappa shape index (κ2) is 10.9. The van der Waals surface area contributed by atoms with E-state index in [0.717, 1.165) is 5.56 Å². The number of rotatable bonds is 6. The van der Waals surface area contributed by atoms with Crippen molar-refractivity contribution in [2.45, 2.75) is 59.0 Å². The van der Waals surface area contributed by atoms with E-state index in [1.807, 2.05) is 52.8 Å². The Bertz CT molecular complexity index is 1410. The van der Waals surface area contributed by atoms with E-state index >= 15 is 0 Å². The molecule has 0 aromatic heterocycles. The molecule has 1 aliphatic heterocycles. The van der Waals surface area contributed by atoms with Crippen molar-refractivity contribution in [3.63, 3.8) is 0 Å². The van der Waals surface area contributed by atoms with Gasteiger partial charge in [0.25, 0.3) is 0 Å². The summed E-state index contributed by atoms with van der Waals surface area (Å²) in [6.07, 6.45) is 0. The third-order valence-corrected chi connectivity index (χ3v) is 7.14. The third kappa shape index (κ3) is 5.21. The van der Waals surface area contributed by atoms with Gasteiger partial charge in [-0.1, -0.05) is 45.9 Å². The Hall–Kier alpha value is -3.20. The van der Waals surface area contributed by atoms with Gasteiger partial charge in [-0.3, -0.25) is 0 Å². The van der Waals surface area contributed by atoms with Crippen molar-refractivity contribution in [1.82, 2.24) is 12.3 Å². The van der Waals surface area contributed by atoms with Crippen molar-refractivity contribution < 1.29 is 33.5 Å². The lowest BCUT2D eigenvalue weighted by Gasteiger charge is -2.36. The second-order valence-electron chi connectivity index (χ2n) is 9.90. The number of esters is 1. The predicted octanol–water partition coefficient (Wildman–Crippen LogP) is 5.68. The lowest BCUT2D eigenvalue weighted by atomic mass is 9.74. The van der Waals surface area contributed by atoms with Gasteiger partial charge in [0.15, 0.2) is 5.60 Å². The van der Waals surface area contributed by atoms with E-state index in [1.54, 1.807) is 31.2 Å². The minimum Gasteiger partial charge on any atom is -0.780 e. The molecule has 1 atom stereocenters. The van der Waals surface area contributed by atoms with Crippen molar-refractivity contribution in [2.24, 2.45) is 0 Å². The zero-order valence-corrected chi connectivity index (χ0v) is 24.0. The van der Waals surface area contributed by atoms with Crippen LogP contribution in [0.3, 0.4) is 0 Å². The first-order valence-corrected chi connectivity index (χ1v) is 13.3. The Morgan fingerprint density at radius 1 is 0.868 bits per heavy atom. The molecule has 0 aliphatic carbocycles. The van der Waals surface area contributed by atoms with Crippen LogP contribution in [-0.2, 0) is 14.9 Å². The highest BCUT2D eigenvalue weighted by Gasteiger charge is 2.50. The molecule has 0 spiro atoms. The van der Waals surface area contributed by atoms with E-state index in [9.17, 15) is 24.3 Å². The first kappa shape index (κ1) is 31.0. The maximum Gasteiger partial charge on any atom is 0.340 e. The zero-order chi connectivity index (χ0) is 26.6. The van der Waals surface area contributed by atoms with Gasteiger partial charge in [0.1, 0.15) is 19.3 Å². The van der Waals surface area contributed by atoms with Gasteiger partial charge in [0.05, 0.1) is 5.56 Å². The SMILES string of the molecule is Cc1cc(O)c(C(C)C)cc1C1(c2cc(C(C)C)c(OP(=O)([O-])[O-])cc2C)OC(=O)c2ccccc21.[NH4+].[NH4+]. The molecular weight excluding hydrogens is 507 g/mol. The standard InChI is InChI=1S/C28H31O7P.2H3N/c1-15(2)20-13-23(17(5)11-25(20)29)28(22-10-8-7-9-19(22)27(30)34-28)24-14-21(16(3)4)26(12-18(24)6)35-36(31,32)33;;/h7-16,29H,1-6H3,(H2,31,32,33);2*1H3. The fourth-order valence-corrected chi connectivity index (χ4v) is 5.44. The molecule has 0 amide bonds. The fraction of sp³-hybridized carbons (Fsp3) is 0.321. The number of carbonyl (C=O) groups excluding carboxylic acids is 1. The summed E-state index contributed by atoms with van der Waals surface area (Å²) in [5.41, 5.74) is 3.49. The van der Waals surface area contributed by atoms with Crippen LogP contribution in [-0.4, -0.2) is 11.1 Å². The second-order valence-corrected chi connectivity index (χ2v) is 11.0. The van der Waals surface area contributed by atoms with Crippen LogP contribution >= 0.6 is 7.82 Å². The summed E-state index contributed by atoms with van der Waals surface area (Å²) < 4.78 is 22.5. The summed E-state index contributed by atoms with van der Waals surface area (Å²) in [5, 5.41) is 10.6. The van der Waals surface area contributed by atoms with Crippen LogP contribution in [0.15, 0.2) is 48.5 Å². The topological polar surface area (TPSA) is 192 Å². The number of cyclic esters (lactones) is 1. The van der Waals surface area contributed by atoms with E-state index in [0.29, 0.717) is 38.9 Å². The number of aromatic hydroxyl groups is 1. The van der Waals surface area contributed by atoms with Crippen LogP contribution in [0.4, 0.5) is 0 Å². The molecular formula is C28H37N2O7P. The predicted molar refractivity (Wildman–Crippen MR) is 144 cm³/mol. The molecule has 206 valence electrons. The molecule has 4 rings (SSSR count). The lowest BCUT2D eigenvalue weighted by Crippen LogP contribution is -2.32. The van der Waals surface area contributed by atoms with Crippen molar-refractivity contribution in [3.8, 4) is 11.5 Å². The molecule has 0 fully saturated rings. The maximum absolute atomic E-state index is 13.2. The summed E-state index contributed by atoms with van der Waals surface area (Å²) in [5.74, 6) is -0.581. The van der Waals surface area contributed by atoms with Gasteiger partial charge in [-0.2, -0.15) is 0 Å². The molecule has 1 aliphatic rings. The smallest absolute Gasteiger partial charge is 0.340 e. The molecule has 1 heterocycles. The Labute approximate surface area is 223 Å². The van der Waals surface area contributed by atoms with Crippen molar-refractivity contribution in [1.29, 1.82) is 0 Å². The number of phosphoric ester groups is 1. The molecule has 0 saturated heterocycles. The number of benzene rings is 3. The number of hydrogen-bond donors (Lipinski definition) is 3. The molecule has 9 nitrogen and oxygen atoms in total. The number of phenols is 1. The first-order chi connectivity index (χ1) is 16.8. The molecule has 1 unspecified atom stereocenters. The minimum atomic E-state index is -5.30. The van der Waals surface area contributed by atoms with Crippen molar-refractivity contribution in [2.75, 3.05) is 0 Å². The molecule has 9 N–H and O–H groups in total. The minimum absolute atomic E-state index is 0. The normalized spacial score (nSPS) is 16.5. The lowest BCUT2D eigenvalue weighted by molar-refractivity contribution is -0.333. The van der Waals surface area contributed by atoms with Crippen molar-refractivity contribution >= 4 is 13.8 Å². The Morgan fingerprint density at radius 2 is 1.39 bits per heavy atom. The monoisotopic (exact) mass is 544 g/mol. The highest BCUT2D eigenvalue weighted by molar-refractivity contribution is 7.43. The summed E-state index contributed by atoms with van der Waals surface area (Å²) >= 11 is 0. The van der Waals surface area contributed by atoms with Crippen molar-refractivity contribution in [3.05, 3.63) is 93.0 Å². The number of phenolic OH excluding ortho intramolecular Hbond substituents is 1. The Kier molecular flexibility index (Phi) is 8.89. The van der Waals surface area contributed by atoms with Crippen LogP contribution < -0.4 is 26.6 Å². The van der Waals surface area contributed by atoms with Gasteiger partial charge < -0.3 is 41.0 Å². The van der Waals surface area contributed by atoms with E-state index in [2.05, 4.69) is 0 Å². The first-order valence-electron chi connectivity index (χ1n) is 11.8. The number of quaternary nitrogens is 2. The van der Waals surface area contributed by atoms with Crippen LogP contribution in [0.2, 0.25) is 0 Å². The summed E-state index contributed by atoms with van der Waals surface area (Å²) in [4.78, 5) is 36.1. The van der Waals surface area contributed by atoms with Gasteiger partial charge in [-0.25, -0.2) is 4.79 Å². The maximum atomic E-state index is 13.2. The summed E-state index contributed by atoms with van der Waals surface area (Å²) in [6, 6.07) is 13.9. The molecule has 38 heavy (non-hydrogen) atoms. The van der Waals surface area contributed by atoms with E-state index in [-0.39, 0.29) is 35.6 Å². The van der Waals surface area contributed by atoms with Crippen LogP contribution in [0.1, 0.15) is 88.8 Å². The molecule has 10 heteroatoms. The summed E-state index contributed by atoms with van der Waals surface area (Å²) in [6.45, 7) is 11.2. The fourth-order valence-electron chi connectivity index (χ4n) is 5.04. The van der Waals surface area contributed by atoms with Crippen LogP contribution in [0.5, 0.6) is 11.5 Å². The number of aryl methyl sites for hydroxylation is 2. The van der Waals surface area contributed by atoms with E-state index < -0.39 is 19.4 Å². The van der Waals surface area contributed by atoms with E-state index in [4.69, 9.17) is 9.26 Å².